The molecule has 0 heterocycles. The topological polar surface area (TPSA) is 94.8 Å². The van der Waals surface area contributed by atoms with Gasteiger partial charge in [-0.2, -0.15) is 0 Å². The molecular weight excluding hydrogens is 248 g/mol. The molecule has 19 heavy (non-hydrogen) atoms. The summed E-state index contributed by atoms with van der Waals surface area (Å²) in [6, 6.07) is 9.07. The molecule has 2 aromatic carbocycles. The molecule has 5 heteroatoms. The second-order valence-electron chi connectivity index (χ2n) is 3.92. The maximum Gasteiger partial charge on any atom is 0.335 e. The number of aromatic carboxylic acids is 1. The zero-order valence-electron chi connectivity index (χ0n) is 9.70. The zero-order valence-corrected chi connectivity index (χ0v) is 9.70. The molecule has 0 fully saturated rings. The number of ketones is 1. The molecule has 0 radical (unpaired) electrons. The number of aromatic hydroxyl groups is 2. The maximum atomic E-state index is 12.1. The van der Waals surface area contributed by atoms with Gasteiger partial charge in [0.25, 0.3) is 0 Å². The third-order valence-corrected chi connectivity index (χ3v) is 2.60. The van der Waals surface area contributed by atoms with Crippen molar-refractivity contribution in [3.63, 3.8) is 0 Å². The van der Waals surface area contributed by atoms with Crippen LogP contribution in [0.25, 0.3) is 0 Å². The van der Waals surface area contributed by atoms with Gasteiger partial charge in [0.2, 0.25) is 0 Å². The number of carboxylic acids is 1. The third kappa shape index (κ3) is 2.55. The molecule has 0 saturated heterocycles. The van der Waals surface area contributed by atoms with Crippen LogP contribution >= 0.6 is 0 Å². The van der Waals surface area contributed by atoms with Gasteiger partial charge in [-0.25, -0.2) is 4.79 Å². The van der Waals surface area contributed by atoms with E-state index in [1.807, 2.05) is 0 Å². The van der Waals surface area contributed by atoms with Gasteiger partial charge in [-0.3, -0.25) is 4.79 Å². The number of rotatable bonds is 3. The Kier molecular flexibility index (Phi) is 3.20. The van der Waals surface area contributed by atoms with E-state index in [0.717, 1.165) is 12.1 Å². The Morgan fingerprint density at radius 1 is 0.895 bits per heavy atom. The molecular formula is C14H10O5. The second-order valence-corrected chi connectivity index (χ2v) is 3.92. The summed E-state index contributed by atoms with van der Waals surface area (Å²) in [7, 11) is 0. The summed E-state index contributed by atoms with van der Waals surface area (Å²) in [6.07, 6.45) is 0. The molecule has 5 nitrogen and oxygen atoms in total. The van der Waals surface area contributed by atoms with Crippen molar-refractivity contribution >= 4 is 11.8 Å². The summed E-state index contributed by atoms with van der Waals surface area (Å²) in [5, 5.41) is 27.8. The molecule has 0 amide bonds. The van der Waals surface area contributed by atoms with Crippen molar-refractivity contribution in [1.29, 1.82) is 0 Å². The Bertz CT molecular complexity index is 661. The standard InChI is InChI=1S/C14H10O5/c15-10-3-1-2-8(6-10)13(17)11-7-9(14(18)19)4-5-12(11)16/h1-7,15-16H,(H,18,19). The molecule has 0 aliphatic carbocycles. The van der Waals surface area contributed by atoms with Gasteiger partial charge in [-0.15, -0.1) is 0 Å². The third-order valence-electron chi connectivity index (χ3n) is 2.60. The van der Waals surface area contributed by atoms with Crippen molar-refractivity contribution in [3.05, 3.63) is 59.2 Å². The number of hydrogen-bond acceptors (Lipinski definition) is 4. The van der Waals surface area contributed by atoms with Crippen LogP contribution in [0, 0.1) is 0 Å². The monoisotopic (exact) mass is 258 g/mol. The van der Waals surface area contributed by atoms with Crippen molar-refractivity contribution in [2.24, 2.45) is 0 Å². The van der Waals surface area contributed by atoms with Crippen LogP contribution in [0.15, 0.2) is 42.5 Å². The van der Waals surface area contributed by atoms with Crippen molar-refractivity contribution < 1.29 is 24.9 Å². The molecule has 0 atom stereocenters. The van der Waals surface area contributed by atoms with E-state index < -0.39 is 11.8 Å². The molecule has 0 aliphatic heterocycles. The summed E-state index contributed by atoms with van der Waals surface area (Å²) in [6.45, 7) is 0. The molecule has 0 bridgehead atoms. The molecule has 0 saturated carbocycles. The summed E-state index contributed by atoms with van der Waals surface area (Å²) in [4.78, 5) is 23.0. The summed E-state index contributed by atoms with van der Waals surface area (Å²) < 4.78 is 0. The average molecular weight is 258 g/mol. The Labute approximate surface area is 108 Å². The quantitative estimate of drug-likeness (QED) is 0.732. The average Bonchev–Trinajstić information content (AvgIpc) is 2.38. The van der Waals surface area contributed by atoms with E-state index in [0.29, 0.717) is 0 Å². The highest BCUT2D eigenvalue weighted by Crippen LogP contribution is 2.23. The van der Waals surface area contributed by atoms with E-state index >= 15 is 0 Å². The van der Waals surface area contributed by atoms with Crippen LogP contribution in [0.2, 0.25) is 0 Å². The first-order valence-corrected chi connectivity index (χ1v) is 5.39. The lowest BCUT2D eigenvalue weighted by Crippen LogP contribution is -2.04. The minimum atomic E-state index is -1.19. The number of carbonyl (C=O) groups is 2. The first-order valence-electron chi connectivity index (χ1n) is 5.39. The highest BCUT2D eigenvalue weighted by atomic mass is 16.4. The van der Waals surface area contributed by atoms with Crippen LogP contribution in [0.4, 0.5) is 0 Å². The Hall–Kier alpha value is -2.82. The van der Waals surface area contributed by atoms with Crippen LogP contribution in [-0.2, 0) is 0 Å². The van der Waals surface area contributed by atoms with E-state index in [1.165, 1.54) is 30.3 Å². The van der Waals surface area contributed by atoms with Crippen molar-refractivity contribution in [2.45, 2.75) is 0 Å². The van der Waals surface area contributed by atoms with Gasteiger partial charge in [0.05, 0.1) is 11.1 Å². The van der Waals surface area contributed by atoms with Gasteiger partial charge >= 0.3 is 5.97 Å². The predicted molar refractivity (Wildman–Crippen MR) is 66.6 cm³/mol. The van der Waals surface area contributed by atoms with E-state index in [4.69, 9.17) is 5.11 Å². The fraction of sp³-hybridized carbons (Fsp3) is 0. The normalized spacial score (nSPS) is 10.1. The van der Waals surface area contributed by atoms with Crippen molar-refractivity contribution in [1.82, 2.24) is 0 Å². The molecule has 2 rings (SSSR count). The van der Waals surface area contributed by atoms with E-state index in [9.17, 15) is 19.8 Å². The van der Waals surface area contributed by atoms with E-state index in [2.05, 4.69) is 0 Å². The minimum absolute atomic E-state index is 0.0836. The largest absolute Gasteiger partial charge is 0.508 e. The van der Waals surface area contributed by atoms with Crippen LogP contribution in [0.5, 0.6) is 11.5 Å². The van der Waals surface area contributed by atoms with E-state index in [-0.39, 0.29) is 28.2 Å². The fourth-order valence-corrected chi connectivity index (χ4v) is 1.65. The predicted octanol–water partition coefficient (Wildman–Crippen LogP) is 2.03. The summed E-state index contributed by atoms with van der Waals surface area (Å²) in [5.41, 5.74) is -0.0513. The summed E-state index contributed by atoms with van der Waals surface area (Å²) in [5.74, 6) is -2.14. The Balaban J connectivity index is 2.49. The highest BCUT2D eigenvalue weighted by Gasteiger charge is 2.16. The highest BCUT2D eigenvalue weighted by molar-refractivity contribution is 6.11. The Morgan fingerprint density at radius 3 is 2.26 bits per heavy atom. The van der Waals surface area contributed by atoms with Gasteiger partial charge in [-0.1, -0.05) is 12.1 Å². The number of carbonyl (C=O) groups excluding carboxylic acids is 1. The molecule has 0 unspecified atom stereocenters. The minimum Gasteiger partial charge on any atom is -0.508 e. The smallest absolute Gasteiger partial charge is 0.335 e. The van der Waals surface area contributed by atoms with Crippen LogP contribution in [0.3, 0.4) is 0 Å². The SMILES string of the molecule is O=C(O)c1ccc(O)c(C(=O)c2cccc(O)c2)c1. The fourth-order valence-electron chi connectivity index (χ4n) is 1.65. The van der Waals surface area contributed by atoms with Gasteiger partial charge in [0.1, 0.15) is 11.5 Å². The maximum absolute atomic E-state index is 12.1. The van der Waals surface area contributed by atoms with Crippen molar-refractivity contribution in [2.75, 3.05) is 0 Å². The molecule has 0 aliphatic rings. The van der Waals surface area contributed by atoms with Gasteiger partial charge in [0.15, 0.2) is 5.78 Å². The number of benzene rings is 2. The van der Waals surface area contributed by atoms with Gasteiger partial charge in [0, 0.05) is 5.56 Å². The lowest BCUT2D eigenvalue weighted by molar-refractivity contribution is 0.0697. The molecule has 96 valence electrons. The van der Waals surface area contributed by atoms with Gasteiger partial charge in [-0.05, 0) is 30.3 Å². The lowest BCUT2D eigenvalue weighted by Gasteiger charge is -2.05. The second kappa shape index (κ2) is 4.81. The van der Waals surface area contributed by atoms with E-state index in [1.54, 1.807) is 0 Å². The number of hydrogen-bond donors (Lipinski definition) is 3. The molecule has 3 N–H and O–H groups in total. The number of phenols is 2. The zero-order chi connectivity index (χ0) is 14.0. The van der Waals surface area contributed by atoms with Crippen LogP contribution in [0.1, 0.15) is 26.3 Å². The van der Waals surface area contributed by atoms with Gasteiger partial charge < -0.3 is 15.3 Å². The Morgan fingerprint density at radius 2 is 1.63 bits per heavy atom. The number of phenolic OH excluding ortho intramolecular Hbond substituents is 2. The first-order chi connectivity index (χ1) is 8.99. The molecule has 0 aromatic heterocycles. The lowest BCUT2D eigenvalue weighted by atomic mass is 10.00. The van der Waals surface area contributed by atoms with Crippen molar-refractivity contribution in [3.8, 4) is 11.5 Å². The molecule has 0 spiro atoms. The van der Waals surface area contributed by atoms with Crippen LogP contribution < -0.4 is 0 Å². The van der Waals surface area contributed by atoms with Crippen LogP contribution in [-0.4, -0.2) is 27.1 Å². The number of carboxylic acid groups (broad SMARTS) is 1. The first kappa shape index (κ1) is 12.6. The molecule has 2 aromatic rings. The summed E-state index contributed by atoms with van der Waals surface area (Å²) >= 11 is 0.